The Morgan fingerprint density at radius 2 is 1.65 bits per heavy atom. The lowest BCUT2D eigenvalue weighted by Crippen LogP contribution is -2.28. The number of nitrogens with one attached hydrogen (secondary N) is 1. The van der Waals surface area contributed by atoms with Crippen LogP contribution in [0.25, 0.3) is 0 Å². The molecule has 0 saturated carbocycles. The third-order valence-corrected chi connectivity index (χ3v) is 2.80. The summed E-state index contributed by atoms with van der Waals surface area (Å²) in [5, 5.41) is 2.88. The molecule has 0 atom stereocenters. The second-order valence-corrected chi connectivity index (χ2v) is 4.91. The highest BCUT2D eigenvalue weighted by atomic mass is 16.5. The van der Waals surface area contributed by atoms with Crippen molar-refractivity contribution in [2.75, 3.05) is 27.9 Å². The molecule has 0 aliphatic carbocycles. The first-order valence-electron chi connectivity index (χ1n) is 6.57. The molecule has 0 aliphatic rings. The van der Waals surface area contributed by atoms with Gasteiger partial charge in [-0.25, -0.2) is 0 Å². The van der Waals surface area contributed by atoms with Gasteiger partial charge in [-0.15, -0.1) is 0 Å². The van der Waals surface area contributed by atoms with E-state index in [9.17, 15) is 4.79 Å². The number of hydrogen-bond acceptors (Lipinski definition) is 4. The van der Waals surface area contributed by atoms with Gasteiger partial charge < -0.3 is 19.5 Å². The summed E-state index contributed by atoms with van der Waals surface area (Å²) >= 11 is 0. The molecule has 0 heterocycles. The van der Waals surface area contributed by atoms with E-state index in [0.717, 1.165) is 5.56 Å². The normalized spacial score (nSPS) is 10.3. The average Bonchev–Trinajstić information content (AvgIpc) is 2.43. The lowest BCUT2D eigenvalue weighted by atomic mass is 10.1. The highest BCUT2D eigenvalue weighted by Gasteiger charge is 2.14. The van der Waals surface area contributed by atoms with Crippen LogP contribution in [0.3, 0.4) is 0 Å². The van der Waals surface area contributed by atoms with Crippen molar-refractivity contribution in [3.8, 4) is 17.2 Å². The summed E-state index contributed by atoms with van der Waals surface area (Å²) < 4.78 is 15.8. The largest absolute Gasteiger partial charge is 0.493 e. The van der Waals surface area contributed by atoms with E-state index in [0.29, 0.717) is 29.7 Å². The Bertz CT molecular complexity index is 432. The number of ether oxygens (including phenoxy) is 3. The summed E-state index contributed by atoms with van der Waals surface area (Å²) in [6, 6.07) is 3.58. The fourth-order valence-electron chi connectivity index (χ4n) is 1.80. The molecule has 20 heavy (non-hydrogen) atoms. The molecule has 1 aromatic rings. The molecule has 1 amide bonds. The van der Waals surface area contributed by atoms with Crippen LogP contribution in [0.5, 0.6) is 17.2 Å². The van der Waals surface area contributed by atoms with Crippen LogP contribution in [0.4, 0.5) is 0 Å². The second-order valence-electron chi connectivity index (χ2n) is 4.91. The summed E-state index contributed by atoms with van der Waals surface area (Å²) in [6.45, 7) is 4.78. The van der Waals surface area contributed by atoms with E-state index in [2.05, 4.69) is 19.2 Å². The van der Waals surface area contributed by atoms with Crippen LogP contribution in [0.2, 0.25) is 0 Å². The van der Waals surface area contributed by atoms with Gasteiger partial charge in [0, 0.05) is 6.54 Å². The number of methoxy groups -OCH3 is 3. The molecule has 0 fully saturated rings. The summed E-state index contributed by atoms with van der Waals surface area (Å²) in [7, 11) is 4.66. The van der Waals surface area contributed by atoms with Gasteiger partial charge in [-0.2, -0.15) is 0 Å². The minimum atomic E-state index is -0.0204. The summed E-state index contributed by atoms with van der Waals surface area (Å²) in [5.74, 6) is 2.05. The molecule has 5 heteroatoms. The van der Waals surface area contributed by atoms with E-state index in [1.54, 1.807) is 33.5 Å². The Balaban J connectivity index is 2.88. The highest BCUT2D eigenvalue weighted by molar-refractivity contribution is 5.79. The van der Waals surface area contributed by atoms with Crippen molar-refractivity contribution in [2.24, 2.45) is 5.92 Å². The third-order valence-electron chi connectivity index (χ3n) is 2.80. The molecule has 0 aromatic heterocycles. The number of carbonyl (C=O) groups excluding carboxylic acids is 1. The maximum Gasteiger partial charge on any atom is 0.224 e. The molecule has 112 valence electrons. The molecular weight excluding hydrogens is 258 g/mol. The van der Waals surface area contributed by atoms with Crippen molar-refractivity contribution in [3.63, 3.8) is 0 Å². The van der Waals surface area contributed by atoms with Crippen molar-refractivity contribution in [3.05, 3.63) is 17.7 Å². The quantitative estimate of drug-likeness (QED) is 0.831. The zero-order valence-corrected chi connectivity index (χ0v) is 12.8. The van der Waals surface area contributed by atoms with Crippen molar-refractivity contribution in [2.45, 2.75) is 20.3 Å². The van der Waals surface area contributed by atoms with Gasteiger partial charge in [0.15, 0.2) is 11.5 Å². The molecular formula is C15H23NO4. The minimum absolute atomic E-state index is 0.0204. The van der Waals surface area contributed by atoms with Gasteiger partial charge in [0.2, 0.25) is 11.7 Å². The number of hydrogen-bond donors (Lipinski definition) is 1. The Kier molecular flexibility index (Phi) is 6.15. The topological polar surface area (TPSA) is 56.8 Å². The Morgan fingerprint density at radius 1 is 1.10 bits per heavy atom. The fourth-order valence-corrected chi connectivity index (χ4v) is 1.80. The molecule has 5 nitrogen and oxygen atoms in total. The summed E-state index contributed by atoms with van der Waals surface area (Å²) in [6.07, 6.45) is 0.281. The highest BCUT2D eigenvalue weighted by Crippen LogP contribution is 2.38. The Labute approximate surface area is 120 Å². The predicted molar refractivity (Wildman–Crippen MR) is 77.6 cm³/mol. The van der Waals surface area contributed by atoms with Gasteiger partial charge in [0.25, 0.3) is 0 Å². The number of rotatable bonds is 7. The Hall–Kier alpha value is -1.91. The van der Waals surface area contributed by atoms with Gasteiger partial charge in [0.05, 0.1) is 27.8 Å². The smallest absolute Gasteiger partial charge is 0.224 e. The maximum absolute atomic E-state index is 11.8. The van der Waals surface area contributed by atoms with Crippen LogP contribution in [-0.2, 0) is 11.2 Å². The van der Waals surface area contributed by atoms with Crippen molar-refractivity contribution >= 4 is 5.91 Å². The van der Waals surface area contributed by atoms with E-state index in [1.807, 2.05) is 0 Å². The Morgan fingerprint density at radius 3 is 2.05 bits per heavy atom. The van der Waals surface area contributed by atoms with Crippen LogP contribution in [0, 0.1) is 5.92 Å². The van der Waals surface area contributed by atoms with Crippen LogP contribution >= 0.6 is 0 Å². The van der Waals surface area contributed by atoms with Gasteiger partial charge in [-0.1, -0.05) is 13.8 Å². The minimum Gasteiger partial charge on any atom is -0.493 e. The van der Waals surface area contributed by atoms with Crippen molar-refractivity contribution in [1.82, 2.24) is 5.32 Å². The zero-order valence-electron chi connectivity index (χ0n) is 12.8. The van der Waals surface area contributed by atoms with E-state index in [4.69, 9.17) is 14.2 Å². The summed E-state index contributed by atoms with van der Waals surface area (Å²) in [4.78, 5) is 11.8. The summed E-state index contributed by atoms with van der Waals surface area (Å²) in [5.41, 5.74) is 0.820. The van der Waals surface area contributed by atoms with Crippen molar-refractivity contribution in [1.29, 1.82) is 0 Å². The van der Waals surface area contributed by atoms with E-state index in [1.165, 1.54) is 0 Å². The van der Waals surface area contributed by atoms with Crippen LogP contribution < -0.4 is 19.5 Å². The first-order chi connectivity index (χ1) is 9.51. The van der Waals surface area contributed by atoms with Gasteiger partial charge in [0.1, 0.15) is 0 Å². The van der Waals surface area contributed by atoms with E-state index in [-0.39, 0.29) is 12.3 Å². The van der Waals surface area contributed by atoms with Crippen LogP contribution in [0.1, 0.15) is 19.4 Å². The number of amides is 1. The van der Waals surface area contributed by atoms with Gasteiger partial charge in [-0.3, -0.25) is 4.79 Å². The first kappa shape index (κ1) is 16.1. The lowest BCUT2D eigenvalue weighted by Gasteiger charge is -2.14. The average molecular weight is 281 g/mol. The molecule has 0 unspecified atom stereocenters. The molecule has 0 aliphatic heterocycles. The molecule has 0 radical (unpaired) electrons. The lowest BCUT2D eigenvalue weighted by molar-refractivity contribution is -0.120. The van der Waals surface area contributed by atoms with Gasteiger partial charge in [-0.05, 0) is 23.6 Å². The van der Waals surface area contributed by atoms with E-state index < -0.39 is 0 Å². The number of benzene rings is 1. The van der Waals surface area contributed by atoms with Crippen molar-refractivity contribution < 1.29 is 19.0 Å². The monoisotopic (exact) mass is 281 g/mol. The van der Waals surface area contributed by atoms with E-state index >= 15 is 0 Å². The first-order valence-corrected chi connectivity index (χ1v) is 6.57. The fraction of sp³-hybridized carbons (Fsp3) is 0.533. The predicted octanol–water partition coefficient (Wildman–Crippen LogP) is 2.03. The molecule has 0 spiro atoms. The van der Waals surface area contributed by atoms with Crippen LogP contribution in [-0.4, -0.2) is 33.8 Å². The molecule has 0 bridgehead atoms. The van der Waals surface area contributed by atoms with Crippen LogP contribution in [0.15, 0.2) is 12.1 Å². The molecule has 1 rings (SSSR count). The standard InChI is InChI=1S/C15H23NO4/c1-10(2)9-16-14(17)8-11-6-12(18-3)15(20-5)13(7-11)19-4/h6-7,10H,8-9H2,1-5H3,(H,16,17). The zero-order chi connectivity index (χ0) is 15.1. The molecule has 1 N–H and O–H groups in total. The third kappa shape index (κ3) is 4.33. The molecule has 0 saturated heterocycles. The maximum atomic E-state index is 11.8. The van der Waals surface area contributed by atoms with Gasteiger partial charge >= 0.3 is 0 Å². The SMILES string of the molecule is COc1cc(CC(=O)NCC(C)C)cc(OC)c1OC. The second kappa shape index (κ2) is 7.62. The molecule has 1 aromatic carbocycles. The number of carbonyl (C=O) groups is 1.